The summed E-state index contributed by atoms with van der Waals surface area (Å²) in [5.74, 6) is 0.573. The number of fused-ring (bicyclic) bond motifs is 1. The Labute approximate surface area is 215 Å². The molecular weight excluding hydrogens is 460 g/mol. The van der Waals surface area contributed by atoms with Crippen LogP contribution in [0.3, 0.4) is 0 Å². The van der Waals surface area contributed by atoms with Crippen molar-refractivity contribution >= 4 is 0 Å². The molecule has 5 aromatic rings. The van der Waals surface area contributed by atoms with E-state index in [1.54, 1.807) is 0 Å². The van der Waals surface area contributed by atoms with Gasteiger partial charge in [-0.2, -0.15) is 5.21 Å². The van der Waals surface area contributed by atoms with Gasteiger partial charge in [0.05, 0.1) is 6.04 Å². The van der Waals surface area contributed by atoms with Gasteiger partial charge in [-0.25, -0.2) is 4.68 Å². The molecule has 1 aliphatic heterocycles. The molecule has 6 rings (SSSR count). The average Bonchev–Trinajstić information content (AvgIpc) is 3.58. The van der Waals surface area contributed by atoms with Crippen molar-refractivity contribution in [2.75, 3.05) is 0 Å². The number of tetrazole rings is 1. The summed E-state index contributed by atoms with van der Waals surface area (Å²) in [7, 11) is 0. The predicted octanol–water partition coefficient (Wildman–Crippen LogP) is 5.42. The summed E-state index contributed by atoms with van der Waals surface area (Å²) in [6.45, 7) is 2.97. The van der Waals surface area contributed by atoms with E-state index in [0.717, 1.165) is 60.0 Å². The Morgan fingerprint density at radius 2 is 1.70 bits per heavy atom. The third-order valence-corrected chi connectivity index (χ3v) is 7.35. The molecule has 1 unspecified atom stereocenters. The molecule has 3 aromatic carbocycles. The number of nitrogens with one attached hydrogen (secondary N) is 1. The minimum atomic E-state index is 0.163. The van der Waals surface area contributed by atoms with Crippen molar-refractivity contribution in [2.45, 2.75) is 51.6 Å². The van der Waals surface area contributed by atoms with Crippen molar-refractivity contribution in [3.8, 4) is 22.5 Å². The Morgan fingerprint density at radius 1 is 0.946 bits per heavy atom. The summed E-state index contributed by atoms with van der Waals surface area (Å²) in [5.41, 5.74) is 7.75. The zero-order valence-corrected chi connectivity index (χ0v) is 21.0. The number of aromatic amines is 1. The highest BCUT2D eigenvalue weighted by molar-refractivity contribution is 5.80. The molecule has 0 radical (unpaired) electrons. The molecule has 1 N–H and O–H groups in total. The normalized spacial score (nSPS) is 15.0. The first kappa shape index (κ1) is 23.2. The SMILES string of the molecule is CCCc1c(Cc2ccc(-c3ccccc3-c3nn[nH]n3)cc2)c(=O)n2n1C(c1ccccc1)CCC2. The van der Waals surface area contributed by atoms with Gasteiger partial charge in [-0.1, -0.05) is 92.2 Å². The van der Waals surface area contributed by atoms with Crippen LogP contribution in [0.2, 0.25) is 0 Å². The molecule has 0 amide bonds. The summed E-state index contributed by atoms with van der Waals surface area (Å²) in [4.78, 5) is 13.7. The van der Waals surface area contributed by atoms with Crippen LogP contribution in [0.1, 0.15) is 54.6 Å². The molecule has 3 heterocycles. The Bertz CT molecular complexity index is 1550. The topological polar surface area (TPSA) is 81.4 Å². The van der Waals surface area contributed by atoms with E-state index in [4.69, 9.17) is 0 Å². The second-order valence-corrected chi connectivity index (χ2v) is 9.67. The number of hydrogen-bond acceptors (Lipinski definition) is 4. The van der Waals surface area contributed by atoms with Crippen LogP contribution in [0.5, 0.6) is 0 Å². The molecule has 0 aliphatic carbocycles. The molecule has 1 aliphatic rings. The van der Waals surface area contributed by atoms with E-state index in [1.165, 1.54) is 11.3 Å². The second-order valence-electron chi connectivity index (χ2n) is 9.67. The summed E-state index contributed by atoms with van der Waals surface area (Å²) < 4.78 is 4.31. The molecule has 7 nitrogen and oxygen atoms in total. The van der Waals surface area contributed by atoms with E-state index in [1.807, 2.05) is 22.9 Å². The van der Waals surface area contributed by atoms with Crippen LogP contribution in [-0.4, -0.2) is 30.0 Å². The number of benzene rings is 3. The van der Waals surface area contributed by atoms with Gasteiger partial charge in [0.25, 0.3) is 5.56 Å². The fraction of sp³-hybridized carbons (Fsp3) is 0.267. The van der Waals surface area contributed by atoms with Crippen LogP contribution in [0.15, 0.2) is 83.7 Å². The Kier molecular flexibility index (Phi) is 6.26. The maximum Gasteiger partial charge on any atom is 0.270 e. The fourth-order valence-corrected chi connectivity index (χ4v) is 5.66. The standard InChI is InChI=1S/C30H30N6O/c1-2-9-28-26(30(37)35-19-8-14-27(36(28)35)23-10-4-3-5-11-23)20-21-15-17-22(18-16-21)24-12-6-7-13-25(24)29-31-33-34-32-29/h3-7,10-13,15-18,27H,2,8-9,14,19-20H2,1H3,(H,31,32,33,34). The van der Waals surface area contributed by atoms with E-state index in [9.17, 15) is 4.79 Å². The lowest BCUT2D eigenvalue weighted by atomic mass is 9.96. The van der Waals surface area contributed by atoms with Crippen LogP contribution in [0, 0.1) is 0 Å². The maximum atomic E-state index is 13.7. The lowest BCUT2D eigenvalue weighted by Gasteiger charge is -2.29. The Balaban J connectivity index is 1.35. The van der Waals surface area contributed by atoms with Gasteiger partial charge in [-0.15, -0.1) is 10.2 Å². The summed E-state index contributed by atoms with van der Waals surface area (Å²) in [6, 6.07) is 27.4. The van der Waals surface area contributed by atoms with Gasteiger partial charge in [0.15, 0.2) is 0 Å². The Morgan fingerprint density at radius 3 is 2.43 bits per heavy atom. The first-order chi connectivity index (χ1) is 18.2. The highest BCUT2D eigenvalue weighted by atomic mass is 16.1. The summed E-state index contributed by atoms with van der Waals surface area (Å²) >= 11 is 0. The predicted molar refractivity (Wildman–Crippen MR) is 144 cm³/mol. The second kappa shape index (κ2) is 10.0. The zero-order chi connectivity index (χ0) is 25.2. The fourth-order valence-electron chi connectivity index (χ4n) is 5.66. The molecule has 0 saturated carbocycles. The van der Waals surface area contributed by atoms with Crippen LogP contribution in [0.4, 0.5) is 0 Å². The first-order valence-corrected chi connectivity index (χ1v) is 13.0. The highest BCUT2D eigenvalue weighted by Crippen LogP contribution is 2.32. The largest absolute Gasteiger partial charge is 0.279 e. The van der Waals surface area contributed by atoms with Crippen molar-refractivity contribution in [3.63, 3.8) is 0 Å². The van der Waals surface area contributed by atoms with Gasteiger partial charge in [-0.05, 0) is 46.7 Å². The van der Waals surface area contributed by atoms with Crippen LogP contribution in [-0.2, 0) is 19.4 Å². The number of aromatic nitrogens is 6. The smallest absolute Gasteiger partial charge is 0.270 e. The van der Waals surface area contributed by atoms with Crippen LogP contribution in [0.25, 0.3) is 22.5 Å². The van der Waals surface area contributed by atoms with Crippen molar-refractivity contribution < 1.29 is 0 Å². The van der Waals surface area contributed by atoms with E-state index in [2.05, 4.69) is 92.9 Å². The van der Waals surface area contributed by atoms with Gasteiger partial charge in [-0.3, -0.25) is 9.48 Å². The summed E-state index contributed by atoms with van der Waals surface area (Å²) in [6.07, 6.45) is 4.61. The monoisotopic (exact) mass is 490 g/mol. The maximum absolute atomic E-state index is 13.7. The van der Waals surface area contributed by atoms with Crippen LogP contribution < -0.4 is 5.56 Å². The van der Waals surface area contributed by atoms with Gasteiger partial charge in [0.2, 0.25) is 5.82 Å². The molecule has 0 fully saturated rings. The number of nitrogens with zero attached hydrogens (tertiary/aromatic N) is 5. The van der Waals surface area contributed by atoms with Crippen LogP contribution >= 0.6 is 0 Å². The average molecular weight is 491 g/mol. The lowest BCUT2D eigenvalue weighted by Crippen LogP contribution is -2.32. The summed E-state index contributed by atoms with van der Waals surface area (Å²) in [5, 5.41) is 14.6. The van der Waals surface area contributed by atoms with E-state index >= 15 is 0 Å². The highest BCUT2D eigenvalue weighted by Gasteiger charge is 2.28. The molecule has 1 atom stereocenters. The van der Waals surface area contributed by atoms with E-state index < -0.39 is 0 Å². The van der Waals surface area contributed by atoms with Gasteiger partial charge in [0, 0.05) is 29.8 Å². The van der Waals surface area contributed by atoms with Gasteiger partial charge >= 0.3 is 0 Å². The molecule has 186 valence electrons. The minimum Gasteiger partial charge on any atom is -0.279 e. The van der Waals surface area contributed by atoms with Crippen molar-refractivity contribution in [1.82, 2.24) is 30.0 Å². The molecular formula is C30H30N6O. The van der Waals surface area contributed by atoms with Gasteiger partial charge < -0.3 is 0 Å². The zero-order valence-electron chi connectivity index (χ0n) is 21.0. The van der Waals surface area contributed by atoms with Gasteiger partial charge in [0.1, 0.15) is 0 Å². The molecule has 0 saturated heterocycles. The molecule has 0 bridgehead atoms. The third-order valence-electron chi connectivity index (χ3n) is 7.35. The van der Waals surface area contributed by atoms with Crippen molar-refractivity contribution in [2.24, 2.45) is 0 Å². The molecule has 7 heteroatoms. The number of hydrogen-bond donors (Lipinski definition) is 1. The molecule has 37 heavy (non-hydrogen) atoms. The Hall–Kier alpha value is -4.26. The van der Waals surface area contributed by atoms with Crippen molar-refractivity contribution in [1.29, 1.82) is 0 Å². The number of H-pyrrole nitrogens is 1. The van der Waals surface area contributed by atoms with E-state index in [-0.39, 0.29) is 11.6 Å². The lowest BCUT2D eigenvalue weighted by molar-refractivity contribution is 0.302. The quantitative estimate of drug-likeness (QED) is 0.330. The number of rotatable bonds is 7. The van der Waals surface area contributed by atoms with Crippen molar-refractivity contribution in [3.05, 3.63) is 112 Å². The minimum absolute atomic E-state index is 0.163. The van der Waals surface area contributed by atoms with E-state index in [0.29, 0.717) is 12.2 Å². The molecule has 2 aromatic heterocycles. The first-order valence-electron chi connectivity index (χ1n) is 13.0. The third kappa shape index (κ3) is 4.31. The molecule has 0 spiro atoms.